The summed E-state index contributed by atoms with van der Waals surface area (Å²) in [5.41, 5.74) is 0.484. The minimum absolute atomic E-state index is 0.0225. The summed E-state index contributed by atoms with van der Waals surface area (Å²) in [7, 11) is 0. The normalized spacial score (nSPS) is 17.1. The van der Waals surface area contributed by atoms with Gasteiger partial charge in [0.15, 0.2) is 0 Å². The number of carboxylic acids is 1. The molecule has 0 saturated heterocycles. The first-order chi connectivity index (χ1) is 8.09. The third kappa shape index (κ3) is 2.81. The number of alkyl halides is 2. The van der Waals surface area contributed by atoms with Gasteiger partial charge in [0, 0.05) is 5.56 Å². The van der Waals surface area contributed by atoms with Gasteiger partial charge in [-0.15, -0.1) is 0 Å². The van der Waals surface area contributed by atoms with Crippen LogP contribution in [0.3, 0.4) is 0 Å². The molecule has 2 nitrogen and oxygen atoms in total. The Labute approximate surface area is 98.3 Å². The molecule has 1 aromatic carbocycles. The molecule has 0 bridgehead atoms. The molecule has 1 unspecified atom stereocenters. The number of hydrogen-bond acceptors (Lipinski definition) is 1. The van der Waals surface area contributed by atoms with Crippen molar-refractivity contribution in [3.8, 4) is 0 Å². The van der Waals surface area contributed by atoms with Gasteiger partial charge in [0.2, 0.25) is 0 Å². The molecule has 0 aromatic heterocycles. The predicted octanol–water partition coefficient (Wildman–Crippen LogP) is 3.59. The Morgan fingerprint density at radius 1 is 1.29 bits per heavy atom. The van der Waals surface area contributed by atoms with Gasteiger partial charge in [-0.2, -0.15) is 0 Å². The molecule has 92 valence electrons. The van der Waals surface area contributed by atoms with Crippen LogP contribution in [0.5, 0.6) is 0 Å². The van der Waals surface area contributed by atoms with E-state index in [4.69, 9.17) is 5.11 Å². The SMILES string of the molecule is O=C(O)CC(c1ccccc1C(F)F)C1CC1. The fourth-order valence-corrected chi connectivity index (χ4v) is 2.26. The maximum Gasteiger partial charge on any atom is 0.303 e. The minimum atomic E-state index is -2.54. The molecule has 4 heteroatoms. The highest BCUT2D eigenvalue weighted by Crippen LogP contribution is 2.46. The van der Waals surface area contributed by atoms with Crippen LogP contribution in [0, 0.1) is 5.92 Å². The van der Waals surface area contributed by atoms with E-state index in [1.165, 1.54) is 6.07 Å². The van der Waals surface area contributed by atoms with Gasteiger partial charge in [0.1, 0.15) is 0 Å². The summed E-state index contributed by atoms with van der Waals surface area (Å²) in [5.74, 6) is -0.935. The van der Waals surface area contributed by atoms with E-state index in [0.29, 0.717) is 5.56 Å². The molecule has 1 atom stereocenters. The van der Waals surface area contributed by atoms with Crippen molar-refractivity contribution in [1.82, 2.24) is 0 Å². The van der Waals surface area contributed by atoms with Gasteiger partial charge in [0.05, 0.1) is 6.42 Å². The number of carboxylic acid groups (broad SMARTS) is 1. The smallest absolute Gasteiger partial charge is 0.303 e. The molecule has 1 saturated carbocycles. The molecule has 0 amide bonds. The van der Waals surface area contributed by atoms with Crippen LogP contribution in [-0.4, -0.2) is 11.1 Å². The van der Waals surface area contributed by atoms with Gasteiger partial charge in [-0.05, 0) is 30.2 Å². The average Bonchev–Trinajstić information content (AvgIpc) is 3.09. The van der Waals surface area contributed by atoms with Gasteiger partial charge in [-0.3, -0.25) is 4.79 Å². The maximum atomic E-state index is 12.9. The molecule has 0 spiro atoms. The van der Waals surface area contributed by atoms with Gasteiger partial charge in [0.25, 0.3) is 6.43 Å². The summed E-state index contributed by atoms with van der Waals surface area (Å²) in [6.07, 6.45) is -0.722. The molecule has 2 rings (SSSR count). The zero-order valence-corrected chi connectivity index (χ0v) is 9.27. The first-order valence-electron chi connectivity index (χ1n) is 5.68. The molecule has 1 N–H and O–H groups in total. The van der Waals surface area contributed by atoms with Crippen molar-refractivity contribution in [1.29, 1.82) is 0 Å². The Balaban J connectivity index is 2.31. The van der Waals surface area contributed by atoms with Crippen molar-refractivity contribution < 1.29 is 18.7 Å². The molecule has 1 aromatic rings. The molecule has 0 heterocycles. The van der Waals surface area contributed by atoms with E-state index in [0.717, 1.165) is 12.8 Å². The number of rotatable bonds is 5. The van der Waals surface area contributed by atoms with E-state index in [9.17, 15) is 13.6 Å². The van der Waals surface area contributed by atoms with E-state index in [2.05, 4.69) is 0 Å². The molecule has 1 aliphatic rings. The molecule has 0 aliphatic heterocycles. The van der Waals surface area contributed by atoms with Gasteiger partial charge < -0.3 is 5.11 Å². The zero-order chi connectivity index (χ0) is 12.4. The monoisotopic (exact) mass is 240 g/mol. The van der Waals surface area contributed by atoms with Crippen LogP contribution in [0.25, 0.3) is 0 Å². The lowest BCUT2D eigenvalue weighted by Crippen LogP contribution is -2.10. The zero-order valence-electron chi connectivity index (χ0n) is 9.27. The van der Waals surface area contributed by atoms with Gasteiger partial charge in [-0.1, -0.05) is 24.3 Å². The van der Waals surface area contributed by atoms with Crippen molar-refractivity contribution in [2.75, 3.05) is 0 Å². The van der Waals surface area contributed by atoms with Crippen molar-refractivity contribution in [2.24, 2.45) is 5.92 Å². The van der Waals surface area contributed by atoms with Crippen LogP contribution >= 0.6 is 0 Å². The Hall–Kier alpha value is -1.45. The van der Waals surface area contributed by atoms with Gasteiger partial charge in [-0.25, -0.2) is 8.78 Å². The van der Waals surface area contributed by atoms with Crippen molar-refractivity contribution in [2.45, 2.75) is 31.6 Å². The van der Waals surface area contributed by atoms with Crippen LogP contribution in [-0.2, 0) is 4.79 Å². The molecule has 17 heavy (non-hydrogen) atoms. The summed E-state index contributed by atoms with van der Waals surface area (Å²) in [6, 6.07) is 6.28. The van der Waals surface area contributed by atoms with Crippen molar-refractivity contribution in [3.05, 3.63) is 35.4 Å². The van der Waals surface area contributed by atoms with E-state index >= 15 is 0 Å². The van der Waals surface area contributed by atoms with Crippen molar-refractivity contribution >= 4 is 5.97 Å². The largest absolute Gasteiger partial charge is 0.481 e. The Morgan fingerprint density at radius 3 is 2.35 bits per heavy atom. The molecule has 0 radical (unpaired) electrons. The van der Waals surface area contributed by atoms with E-state index in [1.54, 1.807) is 18.2 Å². The summed E-state index contributed by atoms with van der Waals surface area (Å²) in [6.45, 7) is 0. The molecule has 1 fully saturated rings. The second-order valence-corrected chi connectivity index (χ2v) is 4.47. The molecular formula is C13H14F2O2. The first-order valence-corrected chi connectivity index (χ1v) is 5.68. The van der Waals surface area contributed by atoms with E-state index in [1.807, 2.05) is 0 Å². The highest BCUT2D eigenvalue weighted by molar-refractivity contribution is 5.68. The average molecular weight is 240 g/mol. The number of aliphatic carboxylic acids is 1. The third-order valence-electron chi connectivity index (χ3n) is 3.22. The Morgan fingerprint density at radius 2 is 1.88 bits per heavy atom. The van der Waals surface area contributed by atoms with E-state index in [-0.39, 0.29) is 23.8 Å². The lowest BCUT2D eigenvalue weighted by molar-refractivity contribution is -0.137. The first kappa shape index (κ1) is 12.0. The fraction of sp³-hybridized carbons (Fsp3) is 0.462. The summed E-state index contributed by atoms with van der Waals surface area (Å²) in [4.78, 5) is 10.8. The number of benzene rings is 1. The van der Waals surface area contributed by atoms with Crippen LogP contribution < -0.4 is 0 Å². The van der Waals surface area contributed by atoms with Crippen LogP contribution in [0.4, 0.5) is 8.78 Å². The van der Waals surface area contributed by atoms with Crippen LogP contribution in [0.2, 0.25) is 0 Å². The van der Waals surface area contributed by atoms with Crippen LogP contribution in [0.15, 0.2) is 24.3 Å². The predicted molar refractivity (Wildman–Crippen MR) is 59.1 cm³/mol. The Kier molecular flexibility index (Phi) is 3.41. The third-order valence-corrected chi connectivity index (χ3v) is 3.22. The second-order valence-electron chi connectivity index (χ2n) is 4.47. The van der Waals surface area contributed by atoms with E-state index < -0.39 is 12.4 Å². The standard InChI is InChI=1S/C13H14F2O2/c14-13(15)10-4-2-1-3-9(10)11(7-12(16)17)8-5-6-8/h1-4,8,11,13H,5-7H2,(H,16,17). The topological polar surface area (TPSA) is 37.3 Å². The molecular weight excluding hydrogens is 226 g/mol. The van der Waals surface area contributed by atoms with Gasteiger partial charge >= 0.3 is 5.97 Å². The lowest BCUT2D eigenvalue weighted by atomic mass is 9.88. The van der Waals surface area contributed by atoms with Crippen molar-refractivity contribution in [3.63, 3.8) is 0 Å². The van der Waals surface area contributed by atoms with Crippen LogP contribution in [0.1, 0.15) is 42.7 Å². The number of halogens is 2. The highest BCUT2D eigenvalue weighted by atomic mass is 19.3. The lowest BCUT2D eigenvalue weighted by Gasteiger charge is -2.18. The summed E-state index contributed by atoms with van der Waals surface area (Å²) in [5, 5.41) is 8.86. The minimum Gasteiger partial charge on any atom is -0.481 e. The summed E-state index contributed by atoms with van der Waals surface area (Å²) < 4.78 is 25.7. The number of hydrogen-bond donors (Lipinski definition) is 1. The fourth-order valence-electron chi connectivity index (χ4n) is 2.26. The highest BCUT2D eigenvalue weighted by Gasteiger charge is 2.35. The number of carbonyl (C=O) groups is 1. The maximum absolute atomic E-state index is 12.9. The second kappa shape index (κ2) is 4.82. The summed E-state index contributed by atoms with van der Waals surface area (Å²) >= 11 is 0. The molecule has 1 aliphatic carbocycles. The quantitative estimate of drug-likeness (QED) is 0.853. The Bertz CT molecular complexity index is 414.